The molecule has 0 atom stereocenters. The topological polar surface area (TPSA) is 84.9 Å². The summed E-state index contributed by atoms with van der Waals surface area (Å²) >= 11 is 3.10. The smallest absolute Gasteiger partial charge is 0.341 e. The van der Waals surface area contributed by atoms with E-state index >= 15 is 0 Å². The Morgan fingerprint density at radius 3 is 2.41 bits per heavy atom. The molecule has 3 aromatic rings. The lowest BCUT2D eigenvalue weighted by Crippen LogP contribution is -2.09. The van der Waals surface area contributed by atoms with Crippen molar-refractivity contribution in [1.82, 2.24) is 0 Å². The molecule has 0 radical (unpaired) electrons. The molecule has 180 valence electrons. The summed E-state index contributed by atoms with van der Waals surface area (Å²) in [5, 5.41) is 3.88. The van der Waals surface area contributed by atoms with Crippen LogP contribution in [0, 0.1) is 0 Å². The Morgan fingerprint density at radius 2 is 1.79 bits per heavy atom. The number of esters is 2. The maximum atomic E-state index is 11.8. The van der Waals surface area contributed by atoms with E-state index in [0.717, 1.165) is 21.1 Å². The van der Waals surface area contributed by atoms with Crippen molar-refractivity contribution >= 4 is 52.2 Å². The van der Waals surface area contributed by atoms with Crippen molar-refractivity contribution in [2.75, 3.05) is 43.2 Å². The first kappa shape index (κ1) is 26.9. The number of thiophene rings is 1. The van der Waals surface area contributed by atoms with Gasteiger partial charge in [0.2, 0.25) is 0 Å². The number of hydrogen-bond donors (Lipinski definition) is 1. The molecule has 1 aromatic heterocycles. The summed E-state index contributed by atoms with van der Waals surface area (Å²) in [6, 6.07) is 18.9. The molecule has 0 fully saturated rings. The van der Waals surface area contributed by atoms with Crippen LogP contribution in [0.2, 0.25) is 0 Å². The maximum Gasteiger partial charge on any atom is 0.341 e. The molecule has 3 rings (SSSR count). The van der Waals surface area contributed by atoms with E-state index in [1.807, 2.05) is 67.1 Å². The number of aldehydes is 1. The number of hydrogen-bond acceptors (Lipinski definition) is 9. The van der Waals surface area contributed by atoms with Crippen LogP contribution in [0.4, 0.5) is 10.7 Å². The zero-order valence-electron chi connectivity index (χ0n) is 19.6. The van der Waals surface area contributed by atoms with Gasteiger partial charge in [0, 0.05) is 30.9 Å². The van der Waals surface area contributed by atoms with E-state index in [0.29, 0.717) is 24.0 Å². The minimum Gasteiger partial charge on any atom is -0.462 e. The van der Waals surface area contributed by atoms with Crippen LogP contribution in [0.3, 0.4) is 0 Å². The zero-order chi connectivity index (χ0) is 24.9. The molecule has 0 unspecified atom stereocenters. The van der Waals surface area contributed by atoms with Crippen molar-refractivity contribution in [2.24, 2.45) is 0 Å². The summed E-state index contributed by atoms with van der Waals surface area (Å²) in [5.74, 6) is -0.760. The molecule has 0 saturated carbocycles. The van der Waals surface area contributed by atoms with E-state index < -0.39 is 5.97 Å². The molecule has 1 N–H and O–H groups in total. The third-order valence-electron chi connectivity index (χ3n) is 4.51. The second kappa shape index (κ2) is 14.1. The summed E-state index contributed by atoms with van der Waals surface area (Å²) in [6.07, 6.45) is 2.49. The number of ether oxygens (including phenoxy) is 2. The number of nitrogens with one attached hydrogen (secondary N) is 1. The Hall–Kier alpha value is -3.30. The molecular weight excluding hydrogens is 472 g/mol. The fourth-order valence-electron chi connectivity index (χ4n) is 2.81. The van der Waals surface area contributed by atoms with Gasteiger partial charge < -0.3 is 19.1 Å². The highest BCUT2D eigenvalue weighted by Crippen LogP contribution is 2.35. The van der Waals surface area contributed by atoms with Crippen LogP contribution in [0.1, 0.15) is 27.6 Å². The number of anilines is 2. The van der Waals surface area contributed by atoms with Crippen molar-refractivity contribution in [3.05, 3.63) is 71.8 Å². The van der Waals surface area contributed by atoms with Gasteiger partial charge >= 0.3 is 11.9 Å². The van der Waals surface area contributed by atoms with Crippen LogP contribution < -0.4 is 9.62 Å². The molecule has 2 aromatic carbocycles. The SMILES string of the molecule is CCOC(=O)c1cc(-c2ccccc2)sc1NC.CSN(C)c1cccc(C(=O)OCC=O)c1. The summed E-state index contributed by atoms with van der Waals surface area (Å²) in [5.41, 5.74) is 3.06. The molecule has 0 bridgehead atoms. The fraction of sp³-hybridized carbons (Fsp3) is 0.240. The lowest BCUT2D eigenvalue weighted by molar-refractivity contribution is -0.110. The highest BCUT2D eigenvalue weighted by atomic mass is 32.2. The molecular formula is C25H28N2O5S2. The molecule has 0 spiro atoms. The monoisotopic (exact) mass is 500 g/mol. The highest BCUT2D eigenvalue weighted by Gasteiger charge is 2.17. The Morgan fingerprint density at radius 1 is 1.06 bits per heavy atom. The third-order valence-corrected chi connectivity index (χ3v) is 6.47. The van der Waals surface area contributed by atoms with Gasteiger partial charge in [-0.1, -0.05) is 48.3 Å². The standard InChI is InChI=1S/C14H15NO2S.C11H13NO3S/c1-3-17-14(16)11-9-12(18-13(11)15-2)10-7-5-4-6-8-10;1-12(16-2)10-5-3-4-9(8-10)11(14)15-7-6-13/h4-9,15H,3H2,1-2H3;3-6,8H,7H2,1-2H3. The van der Waals surface area contributed by atoms with Crippen LogP contribution >= 0.6 is 23.3 Å². The fourth-order valence-corrected chi connectivity index (χ4v) is 4.14. The summed E-state index contributed by atoms with van der Waals surface area (Å²) < 4.78 is 11.7. The molecule has 9 heteroatoms. The van der Waals surface area contributed by atoms with Crippen molar-refractivity contribution in [3.63, 3.8) is 0 Å². The van der Waals surface area contributed by atoms with Gasteiger partial charge in [-0.3, -0.25) is 4.79 Å². The summed E-state index contributed by atoms with van der Waals surface area (Å²) in [7, 11) is 3.71. The number of nitrogens with zero attached hydrogens (tertiary/aromatic N) is 1. The number of rotatable bonds is 9. The van der Waals surface area contributed by atoms with E-state index in [1.165, 1.54) is 0 Å². The first-order valence-electron chi connectivity index (χ1n) is 10.5. The van der Waals surface area contributed by atoms with Crippen molar-refractivity contribution < 1.29 is 23.9 Å². The van der Waals surface area contributed by atoms with Gasteiger partial charge in [-0.05, 0) is 36.8 Å². The van der Waals surface area contributed by atoms with E-state index in [2.05, 4.69) is 5.32 Å². The maximum absolute atomic E-state index is 11.8. The number of carbonyl (C=O) groups is 3. The van der Waals surface area contributed by atoms with Crippen molar-refractivity contribution in [3.8, 4) is 10.4 Å². The Kier molecular flexibility index (Phi) is 11.2. The molecule has 7 nitrogen and oxygen atoms in total. The minimum absolute atomic E-state index is 0.207. The van der Waals surface area contributed by atoms with Gasteiger partial charge in [0.25, 0.3) is 0 Å². The predicted molar refractivity (Wildman–Crippen MR) is 140 cm³/mol. The largest absolute Gasteiger partial charge is 0.462 e. The van der Waals surface area contributed by atoms with Gasteiger partial charge in [-0.25, -0.2) is 9.59 Å². The molecule has 0 aliphatic carbocycles. The second-order valence-electron chi connectivity index (χ2n) is 6.69. The van der Waals surface area contributed by atoms with Gasteiger partial charge in [-0.15, -0.1) is 11.3 Å². The summed E-state index contributed by atoms with van der Waals surface area (Å²) in [4.78, 5) is 34.4. The molecule has 0 aliphatic rings. The van der Waals surface area contributed by atoms with Gasteiger partial charge in [-0.2, -0.15) is 0 Å². The van der Waals surface area contributed by atoms with Gasteiger partial charge in [0.15, 0.2) is 6.29 Å². The lowest BCUT2D eigenvalue weighted by atomic mass is 10.1. The van der Waals surface area contributed by atoms with Crippen LogP contribution in [0.5, 0.6) is 0 Å². The highest BCUT2D eigenvalue weighted by molar-refractivity contribution is 7.99. The molecule has 0 aliphatic heterocycles. The molecule has 34 heavy (non-hydrogen) atoms. The predicted octanol–water partition coefficient (Wildman–Crippen LogP) is 5.39. The molecule has 0 amide bonds. The van der Waals surface area contributed by atoms with Crippen molar-refractivity contribution in [1.29, 1.82) is 0 Å². The first-order valence-corrected chi connectivity index (χ1v) is 12.5. The number of benzene rings is 2. The average molecular weight is 501 g/mol. The normalized spacial score (nSPS) is 9.88. The van der Waals surface area contributed by atoms with Crippen LogP contribution in [0.25, 0.3) is 10.4 Å². The van der Waals surface area contributed by atoms with E-state index in [-0.39, 0.29) is 12.6 Å². The zero-order valence-corrected chi connectivity index (χ0v) is 21.2. The van der Waals surface area contributed by atoms with Crippen LogP contribution in [-0.2, 0) is 14.3 Å². The number of carbonyl (C=O) groups excluding carboxylic acids is 3. The van der Waals surface area contributed by atoms with Gasteiger partial charge in [0.1, 0.15) is 11.6 Å². The average Bonchev–Trinajstić information content (AvgIpc) is 3.33. The lowest BCUT2D eigenvalue weighted by Gasteiger charge is -2.15. The van der Waals surface area contributed by atoms with Crippen LogP contribution in [0.15, 0.2) is 60.7 Å². The quantitative estimate of drug-likeness (QED) is 0.238. The van der Waals surface area contributed by atoms with E-state index in [9.17, 15) is 14.4 Å². The molecule has 0 saturated heterocycles. The van der Waals surface area contributed by atoms with Gasteiger partial charge in [0.05, 0.1) is 17.7 Å². The third kappa shape index (κ3) is 7.64. The van der Waals surface area contributed by atoms with Crippen LogP contribution in [-0.4, -0.2) is 51.8 Å². The molecule has 1 heterocycles. The van der Waals surface area contributed by atoms with E-state index in [1.54, 1.807) is 48.4 Å². The summed E-state index contributed by atoms with van der Waals surface area (Å²) in [6.45, 7) is 1.99. The Labute approximate surface area is 208 Å². The first-order chi connectivity index (χ1) is 16.4. The Bertz CT molecular complexity index is 1090. The second-order valence-corrected chi connectivity index (χ2v) is 8.65. The van der Waals surface area contributed by atoms with E-state index in [4.69, 9.17) is 9.47 Å². The minimum atomic E-state index is -0.483. The van der Waals surface area contributed by atoms with Crippen molar-refractivity contribution in [2.45, 2.75) is 6.92 Å². The Balaban J connectivity index is 0.000000242.